The summed E-state index contributed by atoms with van der Waals surface area (Å²) in [4.78, 5) is 22.7. The Morgan fingerprint density at radius 3 is 2.79 bits per heavy atom. The third-order valence-corrected chi connectivity index (χ3v) is 3.18. The molecule has 2 rings (SSSR count). The van der Waals surface area contributed by atoms with Gasteiger partial charge in [-0.25, -0.2) is 4.39 Å². The smallest absolute Gasteiger partial charge is 0.292 e. The van der Waals surface area contributed by atoms with Crippen LogP contribution in [0.25, 0.3) is 0 Å². The number of carbonyl (C=O) groups is 1. The van der Waals surface area contributed by atoms with Crippen LogP contribution in [0.3, 0.4) is 0 Å². The fourth-order valence-electron chi connectivity index (χ4n) is 2.10. The molecule has 1 atom stereocenters. The predicted molar refractivity (Wildman–Crippen MR) is 64.0 cm³/mol. The van der Waals surface area contributed by atoms with E-state index in [1.165, 1.54) is 4.90 Å². The van der Waals surface area contributed by atoms with Gasteiger partial charge in [0.25, 0.3) is 11.6 Å². The highest BCUT2D eigenvalue weighted by atomic mass is 19.1. The van der Waals surface area contributed by atoms with Gasteiger partial charge in [0.15, 0.2) is 5.60 Å². The van der Waals surface area contributed by atoms with Gasteiger partial charge < -0.3 is 15.7 Å². The summed E-state index contributed by atoms with van der Waals surface area (Å²) in [5.41, 5.74) is 3.09. The second-order valence-corrected chi connectivity index (χ2v) is 4.46. The van der Waals surface area contributed by atoms with Crippen LogP contribution < -0.4 is 10.6 Å². The summed E-state index contributed by atoms with van der Waals surface area (Å²) in [5, 5.41) is 20.8. The van der Waals surface area contributed by atoms with Gasteiger partial charge in [-0.15, -0.1) is 0 Å². The number of nitrogens with two attached hydrogens (primary N) is 1. The van der Waals surface area contributed by atoms with Crippen LogP contribution in [-0.2, 0) is 4.79 Å². The van der Waals surface area contributed by atoms with E-state index >= 15 is 0 Å². The Kier molecular flexibility index (Phi) is 3.11. The van der Waals surface area contributed by atoms with E-state index in [1.807, 2.05) is 0 Å². The van der Waals surface area contributed by atoms with Gasteiger partial charge in [-0.1, -0.05) is 0 Å². The first-order chi connectivity index (χ1) is 8.83. The number of halogens is 1. The lowest BCUT2D eigenvalue weighted by Gasteiger charge is -2.21. The van der Waals surface area contributed by atoms with E-state index in [-0.39, 0.29) is 30.9 Å². The molecule has 3 N–H and O–H groups in total. The number of carbonyl (C=O) groups excluding carboxylic acids is 1. The molecule has 1 aliphatic heterocycles. The number of aliphatic hydroxyl groups is 1. The molecule has 1 amide bonds. The predicted octanol–water partition coefficient (Wildman–Crippen LogP) is 0.160. The van der Waals surface area contributed by atoms with E-state index < -0.39 is 22.2 Å². The molecule has 1 aromatic rings. The molecular weight excluding hydrogens is 257 g/mol. The van der Waals surface area contributed by atoms with Crippen molar-refractivity contribution in [3.8, 4) is 0 Å². The first-order valence-electron chi connectivity index (χ1n) is 5.55. The van der Waals surface area contributed by atoms with E-state index in [0.29, 0.717) is 0 Å². The Labute approximate surface area is 107 Å². The second kappa shape index (κ2) is 4.47. The fourth-order valence-corrected chi connectivity index (χ4v) is 2.10. The summed E-state index contributed by atoms with van der Waals surface area (Å²) < 4.78 is 13.2. The summed E-state index contributed by atoms with van der Waals surface area (Å²) in [7, 11) is 0. The Morgan fingerprint density at radius 1 is 1.58 bits per heavy atom. The van der Waals surface area contributed by atoms with Crippen LogP contribution in [-0.4, -0.2) is 34.6 Å². The van der Waals surface area contributed by atoms with E-state index in [9.17, 15) is 24.4 Å². The molecule has 1 aliphatic rings. The first kappa shape index (κ1) is 13.2. The molecule has 0 saturated carbocycles. The van der Waals surface area contributed by atoms with Crippen molar-refractivity contribution in [1.29, 1.82) is 0 Å². The van der Waals surface area contributed by atoms with Gasteiger partial charge in [-0.2, -0.15) is 0 Å². The highest BCUT2D eigenvalue weighted by molar-refractivity contribution is 5.85. The Balaban J connectivity index is 2.36. The molecule has 19 heavy (non-hydrogen) atoms. The number of nitro benzene ring substituents is 1. The van der Waals surface area contributed by atoms with Gasteiger partial charge in [-0.3, -0.25) is 14.9 Å². The third kappa shape index (κ3) is 2.34. The van der Waals surface area contributed by atoms with Crippen molar-refractivity contribution in [1.82, 2.24) is 0 Å². The largest absolute Gasteiger partial charge is 0.378 e. The number of nitrogens with zero attached hydrogens (tertiary/aromatic N) is 2. The standard InChI is InChI=1S/C11H12FN3O4/c12-7-1-2-8(15(18)19)9(5-7)14-4-3-11(17,6-14)10(13)16/h1-2,5,17H,3-4,6H2,(H2,13,16)/t11-/m0/s1. The number of benzene rings is 1. The van der Waals surface area contributed by atoms with Gasteiger partial charge in [0.2, 0.25) is 0 Å². The van der Waals surface area contributed by atoms with Crippen LogP contribution in [0.5, 0.6) is 0 Å². The van der Waals surface area contributed by atoms with Gasteiger partial charge >= 0.3 is 0 Å². The van der Waals surface area contributed by atoms with Crippen molar-refractivity contribution < 1.29 is 19.2 Å². The van der Waals surface area contributed by atoms with Crippen molar-refractivity contribution in [2.75, 3.05) is 18.0 Å². The van der Waals surface area contributed by atoms with Crippen molar-refractivity contribution in [3.05, 3.63) is 34.1 Å². The minimum atomic E-state index is -1.74. The molecule has 1 saturated heterocycles. The number of hydrogen-bond acceptors (Lipinski definition) is 5. The lowest BCUT2D eigenvalue weighted by Crippen LogP contribution is -2.46. The van der Waals surface area contributed by atoms with Crippen LogP contribution in [0.15, 0.2) is 18.2 Å². The first-order valence-corrected chi connectivity index (χ1v) is 5.55. The normalized spacial score (nSPS) is 22.5. The number of primary amides is 1. The fraction of sp³-hybridized carbons (Fsp3) is 0.364. The molecule has 0 unspecified atom stereocenters. The maximum atomic E-state index is 13.2. The van der Waals surface area contributed by atoms with Crippen molar-refractivity contribution in [3.63, 3.8) is 0 Å². The number of rotatable bonds is 3. The summed E-state index contributed by atoms with van der Waals surface area (Å²) in [5.74, 6) is -1.52. The van der Waals surface area contributed by atoms with E-state index in [0.717, 1.165) is 18.2 Å². The van der Waals surface area contributed by atoms with Crippen molar-refractivity contribution in [2.45, 2.75) is 12.0 Å². The quantitative estimate of drug-likeness (QED) is 0.600. The molecule has 0 radical (unpaired) electrons. The van der Waals surface area contributed by atoms with Gasteiger partial charge in [0, 0.05) is 25.1 Å². The molecule has 102 valence electrons. The van der Waals surface area contributed by atoms with E-state index in [2.05, 4.69) is 0 Å². The zero-order valence-corrected chi connectivity index (χ0v) is 9.88. The Morgan fingerprint density at radius 2 is 2.26 bits per heavy atom. The zero-order chi connectivity index (χ0) is 14.2. The minimum Gasteiger partial charge on any atom is -0.378 e. The van der Waals surface area contributed by atoms with Crippen LogP contribution in [0.1, 0.15) is 6.42 Å². The molecule has 1 heterocycles. The average Bonchev–Trinajstić information content (AvgIpc) is 2.73. The lowest BCUT2D eigenvalue weighted by molar-refractivity contribution is -0.384. The highest BCUT2D eigenvalue weighted by Crippen LogP contribution is 2.34. The maximum Gasteiger partial charge on any atom is 0.292 e. The van der Waals surface area contributed by atoms with Gasteiger partial charge in [-0.05, 0) is 6.07 Å². The SMILES string of the molecule is NC(=O)[C@]1(O)CCN(c2cc(F)ccc2[N+](=O)[O-])C1. The van der Waals surface area contributed by atoms with Crippen LogP contribution in [0.2, 0.25) is 0 Å². The number of amides is 1. The molecule has 0 aromatic heterocycles. The van der Waals surface area contributed by atoms with Crippen LogP contribution in [0, 0.1) is 15.9 Å². The molecule has 0 aliphatic carbocycles. The maximum absolute atomic E-state index is 13.2. The molecule has 1 aromatic carbocycles. The van der Waals surface area contributed by atoms with Gasteiger partial charge in [0.1, 0.15) is 11.5 Å². The average molecular weight is 269 g/mol. The molecule has 7 nitrogen and oxygen atoms in total. The number of hydrogen-bond donors (Lipinski definition) is 2. The van der Waals surface area contributed by atoms with E-state index in [4.69, 9.17) is 5.73 Å². The van der Waals surface area contributed by atoms with Crippen molar-refractivity contribution in [2.24, 2.45) is 5.73 Å². The summed E-state index contributed by atoms with van der Waals surface area (Å²) in [6, 6.07) is 3.04. The topological polar surface area (TPSA) is 110 Å². The lowest BCUT2D eigenvalue weighted by atomic mass is 10.0. The highest BCUT2D eigenvalue weighted by Gasteiger charge is 2.42. The van der Waals surface area contributed by atoms with Gasteiger partial charge in [0.05, 0.1) is 11.5 Å². The molecule has 1 fully saturated rings. The van der Waals surface area contributed by atoms with E-state index in [1.54, 1.807) is 0 Å². The third-order valence-electron chi connectivity index (χ3n) is 3.18. The van der Waals surface area contributed by atoms with Crippen LogP contribution in [0.4, 0.5) is 15.8 Å². The molecule has 0 spiro atoms. The molecule has 8 heteroatoms. The Hall–Kier alpha value is -2.22. The number of β-amino-alcohol motifs (C(OH)–C–C–N with tert-alkyl or cyclic N) is 1. The summed E-state index contributed by atoms with van der Waals surface area (Å²) in [6.45, 7) is -0.00361. The zero-order valence-electron chi connectivity index (χ0n) is 9.88. The summed E-state index contributed by atoms with van der Waals surface area (Å²) >= 11 is 0. The number of nitro groups is 1. The monoisotopic (exact) mass is 269 g/mol. The van der Waals surface area contributed by atoms with Crippen LogP contribution >= 0.6 is 0 Å². The second-order valence-electron chi connectivity index (χ2n) is 4.46. The Bertz CT molecular complexity index is 551. The molecular formula is C11H12FN3O4. The summed E-state index contributed by atoms with van der Waals surface area (Å²) in [6.07, 6.45) is 0.0516. The van der Waals surface area contributed by atoms with Crippen molar-refractivity contribution >= 4 is 17.3 Å². The minimum absolute atomic E-state index is 0.0298. The molecule has 0 bridgehead atoms. The number of anilines is 1.